The minimum absolute atomic E-state index is 0.560. The fraction of sp³-hybridized carbons (Fsp3) is 0.368. The fourth-order valence-electron chi connectivity index (χ4n) is 3.40. The normalized spacial score (nSPS) is 21.2. The first-order valence-corrected chi connectivity index (χ1v) is 8.40. The SMILES string of the molecule is C1=CCC=NN2C=1N=C(C1CCCCC1)C=C2c1ccncc1. The van der Waals surface area contributed by atoms with E-state index in [2.05, 4.69) is 21.9 Å². The molecule has 1 aromatic rings. The van der Waals surface area contributed by atoms with E-state index in [0.29, 0.717) is 5.92 Å². The van der Waals surface area contributed by atoms with Crippen molar-refractivity contribution in [3.05, 3.63) is 53.8 Å². The summed E-state index contributed by atoms with van der Waals surface area (Å²) < 4.78 is 0. The molecule has 1 aromatic heterocycles. The lowest BCUT2D eigenvalue weighted by atomic mass is 9.85. The Labute approximate surface area is 136 Å². The summed E-state index contributed by atoms with van der Waals surface area (Å²) in [6, 6.07) is 4.05. The molecule has 0 bridgehead atoms. The third-order valence-corrected chi connectivity index (χ3v) is 4.60. The lowest BCUT2D eigenvalue weighted by Crippen LogP contribution is -2.25. The van der Waals surface area contributed by atoms with Crippen LogP contribution in [-0.4, -0.2) is 21.9 Å². The highest BCUT2D eigenvalue weighted by molar-refractivity contribution is 6.04. The standard InChI is InChI=1S/C19H20N4/c1-2-6-15(7-3-1)17-14-18(16-9-12-20-13-10-16)23-19(22-17)8-4-5-11-21-23/h4,9-15H,1-3,5-7H2. The molecule has 2 aliphatic heterocycles. The topological polar surface area (TPSA) is 40.9 Å². The van der Waals surface area contributed by atoms with Crippen LogP contribution in [0.25, 0.3) is 5.70 Å². The summed E-state index contributed by atoms with van der Waals surface area (Å²) in [5, 5.41) is 6.46. The lowest BCUT2D eigenvalue weighted by Gasteiger charge is -2.29. The van der Waals surface area contributed by atoms with E-state index in [1.807, 2.05) is 41.8 Å². The Morgan fingerprint density at radius 2 is 1.91 bits per heavy atom. The van der Waals surface area contributed by atoms with Gasteiger partial charge in [0.25, 0.3) is 0 Å². The number of allylic oxidation sites excluding steroid dienone is 2. The van der Waals surface area contributed by atoms with Gasteiger partial charge in [-0.25, -0.2) is 10.0 Å². The summed E-state index contributed by atoms with van der Waals surface area (Å²) in [4.78, 5) is 9.00. The zero-order valence-electron chi connectivity index (χ0n) is 13.2. The second-order valence-corrected chi connectivity index (χ2v) is 6.15. The molecule has 0 radical (unpaired) electrons. The van der Waals surface area contributed by atoms with Crippen molar-refractivity contribution in [2.24, 2.45) is 16.0 Å². The predicted octanol–water partition coefficient (Wildman–Crippen LogP) is 4.15. The monoisotopic (exact) mass is 304 g/mol. The first-order valence-electron chi connectivity index (χ1n) is 8.40. The largest absolute Gasteiger partial charge is 0.265 e. The highest BCUT2D eigenvalue weighted by Gasteiger charge is 2.26. The van der Waals surface area contributed by atoms with Gasteiger partial charge in [0, 0.05) is 42.2 Å². The van der Waals surface area contributed by atoms with Crippen LogP contribution < -0.4 is 0 Å². The van der Waals surface area contributed by atoms with Crippen LogP contribution in [0.1, 0.15) is 44.1 Å². The highest BCUT2D eigenvalue weighted by Crippen LogP contribution is 2.33. The minimum Gasteiger partial charge on any atom is -0.265 e. The van der Waals surface area contributed by atoms with E-state index < -0.39 is 0 Å². The Morgan fingerprint density at radius 1 is 1.09 bits per heavy atom. The van der Waals surface area contributed by atoms with Crippen LogP contribution in [0.15, 0.2) is 58.3 Å². The number of pyridine rings is 1. The number of aromatic nitrogens is 1. The van der Waals surface area contributed by atoms with Crippen LogP contribution in [0.3, 0.4) is 0 Å². The molecular weight excluding hydrogens is 284 g/mol. The Kier molecular flexibility index (Phi) is 3.91. The van der Waals surface area contributed by atoms with Crippen LogP contribution in [0.5, 0.6) is 0 Å². The van der Waals surface area contributed by atoms with Crippen LogP contribution in [-0.2, 0) is 0 Å². The molecule has 4 nitrogen and oxygen atoms in total. The third-order valence-electron chi connectivity index (χ3n) is 4.60. The number of nitrogens with zero attached hydrogens (tertiary/aromatic N) is 4. The van der Waals surface area contributed by atoms with Gasteiger partial charge in [-0.05, 0) is 37.1 Å². The summed E-state index contributed by atoms with van der Waals surface area (Å²) in [6.45, 7) is 0. The maximum Gasteiger partial charge on any atom is 0.198 e. The number of aliphatic imine (C=N–C) groups is 1. The average Bonchev–Trinajstić information content (AvgIpc) is 2.88. The van der Waals surface area contributed by atoms with Crippen LogP contribution in [0.2, 0.25) is 0 Å². The van der Waals surface area contributed by atoms with Crippen molar-refractivity contribution in [3.8, 4) is 0 Å². The van der Waals surface area contributed by atoms with Gasteiger partial charge in [-0.3, -0.25) is 4.98 Å². The molecule has 1 saturated carbocycles. The molecule has 0 spiro atoms. The van der Waals surface area contributed by atoms with Crippen LogP contribution in [0.4, 0.5) is 0 Å². The second kappa shape index (κ2) is 6.35. The van der Waals surface area contributed by atoms with Gasteiger partial charge >= 0.3 is 0 Å². The van der Waals surface area contributed by atoms with Gasteiger partial charge in [-0.15, -0.1) is 0 Å². The molecule has 3 aliphatic rings. The summed E-state index contributed by atoms with van der Waals surface area (Å²) in [6.07, 6.45) is 17.0. The van der Waals surface area contributed by atoms with Gasteiger partial charge in [0.1, 0.15) is 0 Å². The van der Waals surface area contributed by atoms with E-state index >= 15 is 0 Å². The van der Waals surface area contributed by atoms with Crippen molar-refractivity contribution < 1.29 is 0 Å². The number of hydrogen-bond acceptors (Lipinski definition) is 4. The first-order chi connectivity index (χ1) is 11.4. The highest BCUT2D eigenvalue weighted by atomic mass is 15.5. The number of rotatable bonds is 2. The number of fused-ring (bicyclic) bond motifs is 1. The van der Waals surface area contributed by atoms with Crippen molar-refractivity contribution in [2.45, 2.75) is 38.5 Å². The predicted molar refractivity (Wildman–Crippen MR) is 92.8 cm³/mol. The zero-order chi connectivity index (χ0) is 15.5. The van der Waals surface area contributed by atoms with Crippen molar-refractivity contribution in [1.29, 1.82) is 0 Å². The summed E-state index contributed by atoms with van der Waals surface area (Å²) in [5.74, 6) is 1.36. The van der Waals surface area contributed by atoms with Crippen molar-refractivity contribution in [1.82, 2.24) is 9.99 Å². The smallest absolute Gasteiger partial charge is 0.198 e. The van der Waals surface area contributed by atoms with Crippen molar-refractivity contribution in [2.75, 3.05) is 0 Å². The van der Waals surface area contributed by atoms with Gasteiger partial charge in [-0.2, -0.15) is 5.10 Å². The molecule has 0 saturated heterocycles. The molecule has 3 heterocycles. The van der Waals surface area contributed by atoms with Gasteiger partial charge in [-0.1, -0.05) is 25.0 Å². The van der Waals surface area contributed by atoms with Crippen LogP contribution in [0, 0.1) is 5.92 Å². The Morgan fingerprint density at radius 3 is 2.74 bits per heavy atom. The maximum atomic E-state index is 4.87. The molecule has 0 amide bonds. The van der Waals surface area contributed by atoms with Crippen molar-refractivity contribution >= 4 is 17.6 Å². The van der Waals surface area contributed by atoms with Gasteiger partial charge in [0.05, 0.1) is 5.70 Å². The minimum atomic E-state index is 0.560. The van der Waals surface area contributed by atoms with Gasteiger partial charge < -0.3 is 0 Å². The molecule has 4 rings (SSSR count). The maximum absolute atomic E-state index is 4.87. The lowest BCUT2D eigenvalue weighted by molar-refractivity contribution is 0.436. The van der Waals surface area contributed by atoms with Crippen LogP contribution >= 0.6 is 0 Å². The zero-order valence-corrected chi connectivity index (χ0v) is 13.2. The summed E-state index contributed by atoms with van der Waals surface area (Å²) >= 11 is 0. The number of hydrogen-bond donors (Lipinski definition) is 0. The van der Waals surface area contributed by atoms with E-state index in [1.54, 1.807) is 0 Å². The fourth-order valence-corrected chi connectivity index (χ4v) is 3.40. The van der Waals surface area contributed by atoms with E-state index in [1.165, 1.54) is 37.8 Å². The molecule has 23 heavy (non-hydrogen) atoms. The first kappa shape index (κ1) is 14.2. The van der Waals surface area contributed by atoms with Gasteiger partial charge in [0.15, 0.2) is 5.82 Å². The molecule has 0 atom stereocenters. The average molecular weight is 304 g/mol. The third kappa shape index (κ3) is 2.90. The van der Waals surface area contributed by atoms with Crippen molar-refractivity contribution in [3.63, 3.8) is 0 Å². The Bertz CT molecular complexity index is 730. The summed E-state index contributed by atoms with van der Waals surface area (Å²) in [7, 11) is 0. The van der Waals surface area contributed by atoms with E-state index in [9.17, 15) is 0 Å². The van der Waals surface area contributed by atoms with E-state index in [4.69, 9.17) is 4.99 Å². The van der Waals surface area contributed by atoms with Gasteiger partial charge in [0.2, 0.25) is 0 Å². The van der Waals surface area contributed by atoms with E-state index in [0.717, 1.165) is 23.5 Å². The molecule has 1 aliphatic carbocycles. The molecule has 0 unspecified atom stereocenters. The molecule has 1 fully saturated rings. The quantitative estimate of drug-likeness (QED) is 0.770. The molecule has 0 N–H and O–H groups in total. The molecule has 4 heteroatoms. The molecule has 0 aromatic carbocycles. The second-order valence-electron chi connectivity index (χ2n) is 6.15. The Balaban J connectivity index is 1.79. The molecule has 116 valence electrons. The number of hydrazone groups is 1. The van der Waals surface area contributed by atoms with E-state index in [-0.39, 0.29) is 0 Å². The molecular formula is C19H20N4. The Hall–Kier alpha value is -2.45. The summed E-state index contributed by atoms with van der Waals surface area (Å²) in [5.41, 5.74) is 6.66.